The third-order valence-electron chi connectivity index (χ3n) is 5.27. The van der Waals surface area contributed by atoms with Gasteiger partial charge in [-0.25, -0.2) is 0 Å². The number of methoxy groups -OCH3 is 1. The maximum absolute atomic E-state index is 6.71. The van der Waals surface area contributed by atoms with E-state index in [0.29, 0.717) is 0 Å². The number of fused-ring (bicyclic) bond motifs is 2. The van der Waals surface area contributed by atoms with Gasteiger partial charge in [-0.3, -0.25) is 0 Å². The molecule has 0 N–H and O–H groups in total. The molecule has 0 saturated carbocycles. The van der Waals surface area contributed by atoms with Gasteiger partial charge in [0, 0.05) is 13.1 Å². The molecule has 0 unspecified atom stereocenters. The Bertz CT molecular complexity index is 690. The Hall–Kier alpha value is -1.84. The van der Waals surface area contributed by atoms with Crippen molar-refractivity contribution in [1.82, 2.24) is 4.90 Å². The first-order valence-corrected chi connectivity index (χ1v) is 8.32. The Morgan fingerprint density at radius 1 is 1.09 bits per heavy atom. The molecule has 3 nitrogen and oxygen atoms in total. The van der Waals surface area contributed by atoms with E-state index in [4.69, 9.17) is 9.47 Å². The van der Waals surface area contributed by atoms with Crippen molar-refractivity contribution < 1.29 is 9.47 Å². The summed E-state index contributed by atoms with van der Waals surface area (Å²) in [5, 5.41) is 0. The van der Waals surface area contributed by atoms with Gasteiger partial charge in [0.25, 0.3) is 0 Å². The number of ether oxygens (including phenoxy) is 2. The molecule has 0 aromatic heterocycles. The van der Waals surface area contributed by atoms with Gasteiger partial charge in [-0.2, -0.15) is 0 Å². The van der Waals surface area contributed by atoms with Crippen LogP contribution >= 0.6 is 0 Å². The molecule has 4 rings (SSSR count). The highest BCUT2D eigenvalue weighted by Gasteiger charge is 2.46. The van der Waals surface area contributed by atoms with Crippen LogP contribution in [0.2, 0.25) is 0 Å². The van der Waals surface area contributed by atoms with Crippen LogP contribution in [0.3, 0.4) is 0 Å². The lowest BCUT2D eigenvalue weighted by Gasteiger charge is -2.38. The molecule has 120 valence electrons. The number of piperidine rings is 1. The fourth-order valence-corrected chi connectivity index (χ4v) is 3.88. The van der Waals surface area contributed by atoms with Crippen molar-refractivity contribution in [3.63, 3.8) is 0 Å². The van der Waals surface area contributed by atoms with E-state index in [-0.39, 0.29) is 11.7 Å². The molecule has 0 amide bonds. The number of benzene rings is 2. The lowest BCUT2D eigenvalue weighted by Crippen LogP contribution is -2.40. The highest BCUT2D eigenvalue weighted by Crippen LogP contribution is 2.52. The van der Waals surface area contributed by atoms with Crippen LogP contribution in [0, 0.1) is 0 Å². The van der Waals surface area contributed by atoms with Crippen molar-refractivity contribution in [2.75, 3.05) is 27.2 Å². The van der Waals surface area contributed by atoms with Gasteiger partial charge in [0.15, 0.2) is 0 Å². The molecule has 0 aliphatic carbocycles. The van der Waals surface area contributed by atoms with E-state index >= 15 is 0 Å². The molecule has 1 fully saturated rings. The lowest BCUT2D eigenvalue weighted by molar-refractivity contribution is -0.0941. The summed E-state index contributed by atoms with van der Waals surface area (Å²) in [4.78, 5) is 2.38. The molecule has 1 spiro atoms. The summed E-state index contributed by atoms with van der Waals surface area (Å²) in [7, 11) is 3.91. The molecule has 23 heavy (non-hydrogen) atoms. The van der Waals surface area contributed by atoms with Crippen LogP contribution in [0.25, 0.3) is 0 Å². The van der Waals surface area contributed by atoms with Gasteiger partial charge >= 0.3 is 0 Å². The van der Waals surface area contributed by atoms with Gasteiger partial charge in [0.1, 0.15) is 11.9 Å². The number of nitrogens with zero attached hydrogens (tertiary/aromatic N) is 1. The van der Waals surface area contributed by atoms with E-state index in [9.17, 15) is 0 Å². The second-order valence-corrected chi connectivity index (χ2v) is 6.66. The van der Waals surface area contributed by atoms with Crippen LogP contribution in [-0.2, 0) is 10.3 Å². The average molecular weight is 309 g/mol. The third kappa shape index (κ3) is 2.44. The first-order chi connectivity index (χ1) is 11.2. The maximum Gasteiger partial charge on any atom is 0.119 e. The molecule has 2 aliphatic heterocycles. The van der Waals surface area contributed by atoms with E-state index < -0.39 is 0 Å². The highest BCUT2D eigenvalue weighted by molar-refractivity contribution is 5.47. The SMILES string of the molecule is COc1ccc2c(c1)C1(CCN(C)CC1)O[C@@H]2c1ccccc1. The monoisotopic (exact) mass is 309 g/mol. The standard InChI is InChI=1S/C20H23NO2/c1-21-12-10-20(11-13-21)18-14-16(22-2)8-9-17(18)19(23-20)15-6-4-3-5-7-15/h3-9,14,19H,10-13H2,1-2H3/t19-/m1/s1. The van der Waals surface area contributed by atoms with Crippen molar-refractivity contribution in [3.8, 4) is 5.75 Å². The Kier molecular flexibility index (Phi) is 3.63. The van der Waals surface area contributed by atoms with Crippen LogP contribution in [0.4, 0.5) is 0 Å². The van der Waals surface area contributed by atoms with Gasteiger partial charge in [0.05, 0.1) is 12.7 Å². The maximum atomic E-state index is 6.71. The minimum absolute atomic E-state index is 0.0283. The van der Waals surface area contributed by atoms with Crippen LogP contribution in [0.5, 0.6) is 5.75 Å². The molecule has 2 aliphatic rings. The first kappa shape index (κ1) is 14.7. The summed E-state index contributed by atoms with van der Waals surface area (Å²) in [6.45, 7) is 2.14. The van der Waals surface area contributed by atoms with Crippen molar-refractivity contribution in [1.29, 1.82) is 0 Å². The predicted molar refractivity (Wildman–Crippen MR) is 90.8 cm³/mol. The van der Waals surface area contributed by atoms with Crippen molar-refractivity contribution >= 4 is 0 Å². The zero-order valence-electron chi connectivity index (χ0n) is 13.8. The third-order valence-corrected chi connectivity index (χ3v) is 5.27. The van der Waals surface area contributed by atoms with Crippen LogP contribution in [-0.4, -0.2) is 32.1 Å². The largest absolute Gasteiger partial charge is 0.497 e. The minimum atomic E-state index is -0.170. The van der Waals surface area contributed by atoms with E-state index in [1.165, 1.54) is 16.7 Å². The zero-order chi connectivity index (χ0) is 15.9. The topological polar surface area (TPSA) is 21.7 Å². The van der Waals surface area contributed by atoms with Crippen LogP contribution in [0.15, 0.2) is 48.5 Å². The molecule has 3 heteroatoms. The minimum Gasteiger partial charge on any atom is -0.497 e. The average Bonchev–Trinajstić information content (AvgIpc) is 2.92. The van der Waals surface area contributed by atoms with Gasteiger partial charge < -0.3 is 14.4 Å². The van der Waals surface area contributed by atoms with Crippen molar-refractivity contribution in [2.24, 2.45) is 0 Å². The molecule has 1 atom stereocenters. The molecule has 1 saturated heterocycles. The molecule has 0 radical (unpaired) electrons. The Labute approximate surface area is 137 Å². The molecule has 2 aromatic rings. The number of hydrogen-bond acceptors (Lipinski definition) is 3. The normalized spacial score (nSPS) is 23.0. The summed E-state index contributed by atoms with van der Waals surface area (Å²) in [6, 6.07) is 17.0. The van der Waals surface area contributed by atoms with Crippen LogP contribution < -0.4 is 4.74 Å². The van der Waals surface area contributed by atoms with E-state index in [1.807, 2.05) is 6.07 Å². The Morgan fingerprint density at radius 2 is 1.83 bits per heavy atom. The quantitative estimate of drug-likeness (QED) is 0.843. The first-order valence-electron chi connectivity index (χ1n) is 8.32. The van der Waals surface area contributed by atoms with Gasteiger partial charge in [-0.05, 0) is 48.7 Å². The molecular formula is C20H23NO2. The van der Waals surface area contributed by atoms with Gasteiger partial charge in [0.2, 0.25) is 0 Å². The zero-order valence-corrected chi connectivity index (χ0v) is 13.8. The van der Waals surface area contributed by atoms with Gasteiger partial charge in [-0.15, -0.1) is 0 Å². The second-order valence-electron chi connectivity index (χ2n) is 6.66. The highest BCUT2D eigenvalue weighted by atomic mass is 16.5. The number of likely N-dealkylation sites (tertiary alicyclic amines) is 1. The lowest BCUT2D eigenvalue weighted by atomic mass is 9.83. The van der Waals surface area contributed by atoms with Gasteiger partial charge in [-0.1, -0.05) is 36.4 Å². The number of rotatable bonds is 2. The molecule has 2 heterocycles. The van der Waals surface area contributed by atoms with E-state index in [2.05, 4.69) is 54.4 Å². The molecule has 2 aromatic carbocycles. The Balaban J connectivity index is 1.80. The van der Waals surface area contributed by atoms with Crippen LogP contribution in [0.1, 0.15) is 35.6 Å². The van der Waals surface area contributed by atoms with Crippen molar-refractivity contribution in [3.05, 3.63) is 65.2 Å². The summed E-state index contributed by atoms with van der Waals surface area (Å²) in [6.07, 6.45) is 2.10. The second kappa shape index (κ2) is 5.66. The fraction of sp³-hybridized carbons (Fsp3) is 0.400. The van der Waals surface area contributed by atoms with Crippen molar-refractivity contribution in [2.45, 2.75) is 24.5 Å². The van der Waals surface area contributed by atoms with E-state index in [0.717, 1.165) is 31.7 Å². The Morgan fingerprint density at radius 3 is 2.52 bits per heavy atom. The molecule has 0 bridgehead atoms. The molecular weight excluding hydrogens is 286 g/mol. The summed E-state index contributed by atoms with van der Waals surface area (Å²) >= 11 is 0. The summed E-state index contributed by atoms with van der Waals surface area (Å²) < 4.78 is 12.2. The predicted octanol–water partition coefficient (Wildman–Crippen LogP) is 3.74. The summed E-state index contributed by atoms with van der Waals surface area (Å²) in [5.74, 6) is 0.916. The summed E-state index contributed by atoms with van der Waals surface area (Å²) in [5.41, 5.74) is 3.67. The number of hydrogen-bond donors (Lipinski definition) is 0. The smallest absolute Gasteiger partial charge is 0.119 e. The fourth-order valence-electron chi connectivity index (χ4n) is 3.88. The van der Waals surface area contributed by atoms with E-state index in [1.54, 1.807) is 7.11 Å².